The summed E-state index contributed by atoms with van der Waals surface area (Å²) >= 11 is 0. The Morgan fingerprint density at radius 3 is 2.50 bits per heavy atom. The zero-order chi connectivity index (χ0) is 15.7. The molecular weight excluding hydrogens is 278 g/mol. The lowest BCUT2D eigenvalue weighted by atomic mass is 10.1. The van der Waals surface area contributed by atoms with Gasteiger partial charge in [-0.3, -0.25) is 4.79 Å². The number of aromatic nitrogens is 4. The van der Waals surface area contributed by atoms with Gasteiger partial charge in [0.15, 0.2) is 11.6 Å². The number of hydrogen-bond donors (Lipinski definition) is 1. The van der Waals surface area contributed by atoms with Crippen LogP contribution in [0.25, 0.3) is 17.1 Å². The highest BCUT2D eigenvalue weighted by molar-refractivity contribution is 5.94. The van der Waals surface area contributed by atoms with Crippen LogP contribution in [0.4, 0.5) is 5.69 Å². The van der Waals surface area contributed by atoms with Crippen LogP contribution in [0.5, 0.6) is 0 Å². The van der Waals surface area contributed by atoms with Crippen molar-refractivity contribution in [1.82, 2.24) is 20.2 Å². The van der Waals surface area contributed by atoms with Crippen molar-refractivity contribution in [2.24, 2.45) is 0 Å². The summed E-state index contributed by atoms with van der Waals surface area (Å²) in [6.45, 7) is 3.48. The van der Waals surface area contributed by atoms with Gasteiger partial charge in [0.25, 0.3) is 0 Å². The molecule has 22 heavy (non-hydrogen) atoms. The first-order valence-electron chi connectivity index (χ1n) is 6.82. The molecule has 3 aromatic rings. The average molecular weight is 293 g/mol. The number of hydrogen-bond acceptors (Lipinski definition) is 5. The third-order valence-electron chi connectivity index (χ3n) is 3.53. The number of nitrogens with zero attached hydrogens (tertiary/aromatic N) is 4. The maximum Gasteiger partial charge on any atom is 0.187 e. The van der Waals surface area contributed by atoms with Crippen molar-refractivity contribution in [2.45, 2.75) is 13.8 Å². The van der Waals surface area contributed by atoms with Crippen LogP contribution in [0.2, 0.25) is 0 Å². The molecule has 2 N–H and O–H groups in total. The fraction of sp³-hybridized carbons (Fsp3) is 0.125. The molecule has 2 aromatic carbocycles. The normalized spacial score (nSPS) is 10.6. The molecule has 6 heteroatoms. The van der Waals surface area contributed by atoms with Gasteiger partial charge < -0.3 is 5.73 Å². The summed E-state index contributed by atoms with van der Waals surface area (Å²) < 4.78 is 1.62. The molecule has 110 valence electrons. The molecule has 0 aliphatic rings. The Bertz CT molecular complexity index is 836. The molecular formula is C16H15N5O. The van der Waals surface area contributed by atoms with Crippen molar-refractivity contribution >= 4 is 11.5 Å². The minimum absolute atomic E-state index is 0.0230. The molecule has 0 amide bonds. The van der Waals surface area contributed by atoms with E-state index in [2.05, 4.69) is 15.5 Å². The molecule has 3 rings (SSSR count). The topological polar surface area (TPSA) is 86.7 Å². The third-order valence-corrected chi connectivity index (χ3v) is 3.53. The van der Waals surface area contributed by atoms with E-state index in [1.54, 1.807) is 16.8 Å². The average Bonchev–Trinajstić information content (AvgIpc) is 2.99. The SMILES string of the molecule is CC(=O)c1ccc(-n2nnnc2-c2ccc(C)c(N)c2)cc1. The molecule has 0 aliphatic carbocycles. The molecule has 0 unspecified atom stereocenters. The van der Waals surface area contributed by atoms with E-state index in [1.807, 2.05) is 37.3 Å². The number of benzene rings is 2. The summed E-state index contributed by atoms with van der Waals surface area (Å²) in [6, 6.07) is 12.9. The van der Waals surface area contributed by atoms with Crippen molar-refractivity contribution in [1.29, 1.82) is 0 Å². The van der Waals surface area contributed by atoms with E-state index in [0.717, 1.165) is 16.8 Å². The fourth-order valence-electron chi connectivity index (χ4n) is 2.16. The molecule has 0 atom stereocenters. The number of Topliss-reactive ketones (excluding diaryl/α,β-unsaturated/α-hetero) is 1. The van der Waals surface area contributed by atoms with E-state index in [-0.39, 0.29) is 5.78 Å². The molecule has 1 heterocycles. The van der Waals surface area contributed by atoms with Crippen LogP contribution in [0, 0.1) is 6.92 Å². The van der Waals surface area contributed by atoms with Crippen LogP contribution >= 0.6 is 0 Å². The lowest BCUT2D eigenvalue weighted by Crippen LogP contribution is -2.01. The molecule has 0 saturated carbocycles. The third kappa shape index (κ3) is 2.46. The highest BCUT2D eigenvalue weighted by Gasteiger charge is 2.12. The lowest BCUT2D eigenvalue weighted by molar-refractivity contribution is 0.101. The highest BCUT2D eigenvalue weighted by Crippen LogP contribution is 2.23. The van der Waals surface area contributed by atoms with Crippen LogP contribution < -0.4 is 5.73 Å². The predicted octanol–water partition coefficient (Wildman–Crippen LogP) is 2.42. The minimum atomic E-state index is 0.0230. The second-order valence-corrected chi connectivity index (χ2v) is 5.09. The van der Waals surface area contributed by atoms with E-state index in [4.69, 9.17) is 5.73 Å². The number of ketones is 1. The number of tetrazole rings is 1. The summed E-state index contributed by atoms with van der Waals surface area (Å²) in [5.74, 6) is 0.622. The smallest absolute Gasteiger partial charge is 0.187 e. The van der Waals surface area contributed by atoms with Gasteiger partial charge in [0.2, 0.25) is 0 Å². The Labute approximate surface area is 127 Å². The second-order valence-electron chi connectivity index (χ2n) is 5.09. The molecule has 0 aliphatic heterocycles. The summed E-state index contributed by atoms with van der Waals surface area (Å²) in [5, 5.41) is 11.8. The Morgan fingerprint density at radius 2 is 1.86 bits per heavy atom. The number of rotatable bonds is 3. The number of nitrogens with two attached hydrogens (primary N) is 1. The van der Waals surface area contributed by atoms with E-state index in [0.29, 0.717) is 17.1 Å². The summed E-state index contributed by atoms with van der Waals surface area (Å²) in [6.07, 6.45) is 0. The standard InChI is InChI=1S/C16H15N5O/c1-10-3-4-13(9-15(10)17)16-18-19-20-21(16)14-7-5-12(6-8-14)11(2)22/h3-9H,17H2,1-2H3. The van der Waals surface area contributed by atoms with Gasteiger partial charge in [0.05, 0.1) is 5.69 Å². The number of anilines is 1. The highest BCUT2D eigenvalue weighted by atomic mass is 16.1. The van der Waals surface area contributed by atoms with Gasteiger partial charge in [0, 0.05) is 16.8 Å². The number of aryl methyl sites for hydroxylation is 1. The zero-order valence-corrected chi connectivity index (χ0v) is 12.3. The summed E-state index contributed by atoms with van der Waals surface area (Å²) in [7, 11) is 0. The van der Waals surface area contributed by atoms with Crippen LogP contribution in [0.15, 0.2) is 42.5 Å². The van der Waals surface area contributed by atoms with Crippen LogP contribution in [0.3, 0.4) is 0 Å². The number of carbonyl (C=O) groups excluding carboxylic acids is 1. The van der Waals surface area contributed by atoms with Crippen molar-refractivity contribution in [2.75, 3.05) is 5.73 Å². The number of nitrogen functional groups attached to an aromatic ring is 1. The Hall–Kier alpha value is -3.02. The molecule has 6 nitrogen and oxygen atoms in total. The molecule has 0 fully saturated rings. The second kappa shape index (κ2) is 5.40. The largest absolute Gasteiger partial charge is 0.398 e. The Morgan fingerprint density at radius 1 is 1.14 bits per heavy atom. The van der Waals surface area contributed by atoms with Crippen LogP contribution in [0.1, 0.15) is 22.8 Å². The lowest BCUT2D eigenvalue weighted by Gasteiger charge is -2.07. The first-order valence-corrected chi connectivity index (χ1v) is 6.82. The minimum Gasteiger partial charge on any atom is -0.398 e. The van der Waals surface area contributed by atoms with E-state index < -0.39 is 0 Å². The van der Waals surface area contributed by atoms with Gasteiger partial charge in [-0.05, 0) is 60.2 Å². The maximum absolute atomic E-state index is 11.3. The van der Waals surface area contributed by atoms with E-state index >= 15 is 0 Å². The van der Waals surface area contributed by atoms with Gasteiger partial charge in [-0.2, -0.15) is 4.68 Å². The van der Waals surface area contributed by atoms with E-state index in [9.17, 15) is 4.79 Å². The molecule has 0 bridgehead atoms. The molecule has 0 spiro atoms. The van der Waals surface area contributed by atoms with Crippen LogP contribution in [-0.2, 0) is 0 Å². The van der Waals surface area contributed by atoms with Crippen molar-refractivity contribution < 1.29 is 4.79 Å². The monoisotopic (exact) mass is 293 g/mol. The molecule has 0 radical (unpaired) electrons. The maximum atomic E-state index is 11.3. The van der Waals surface area contributed by atoms with Crippen molar-refractivity contribution in [3.05, 3.63) is 53.6 Å². The zero-order valence-electron chi connectivity index (χ0n) is 12.3. The Balaban J connectivity index is 2.04. The fourth-order valence-corrected chi connectivity index (χ4v) is 2.16. The van der Waals surface area contributed by atoms with Crippen molar-refractivity contribution in [3.63, 3.8) is 0 Å². The quantitative estimate of drug-likeness (QED) is 0.592. The summed E-state index contributed by atoms with van der Waals surface area (Å²) in [4.78, 5) is 11.3. The van der Waals surface area contributed by atoms with Gasteiger partial charge in [-0.15, -0.1) is 5.10 Å². The van der Waals surface area contributed by atoms with Gasteiger partial charge >= 0.3 is 0 Å². The predicted molar refractivity (Wildman–Crippen MR) is 83.7 cm³/mol. The first kappa shape index (κ1) is 13.9. The Kier molecular flexibility index (Phi) is 3.42. The van der Waals surface area contributed by atoms with Crippen LogP contribution in [-0.4, -0.2) is 26.0 Å². The molecule has 0 saturated heterocycles. The summed E-state index contributed by atoms with van der Waals surface area (Å²) in [5.41, 5.74) is 9.92. The van der Waals surface area contributed by atoms with Gasteiger partial charge in [0.1, 0.15) is 0 Å². The van der Waals surface area contributed by atoms with E-state index in [1.165, 1.54) is 6.92 Å². The van der Waals surface area contributed by atoms with Gasteiger partial charge in [-0.25, -0.2) is 0 Å². The van der Waals surface area contributed by atoms with Crippen molar-refractivity contribution in [3.8, 4) is 17.1 Å². The first-order chi connectivity index (χ1) is 10.6. The molecule has 1 aromatic heterocycles. The van der Waals surface area contributed by atoms with Gasteiger partial charge in [-0.1, -0.05) is 12.1 Å². The number of carbonyl (C=O) groups is 1.